The van der Waals surface area contributed by atoms with E-state index < -0.39 is 0 Å². The lowest BCUT2D eigenvalue weighted by atomic mass is 10.0. The molecule has 108 valence electrons. The van der Waals surface area contributed by atoms with Gasteiger partial charge in [-0.15, -0.1) is 5.10 Å². The van der Waals surface area contributed by atoms with E-state index >= 15 is 0 Å². The molecule has 0 aliphatic heterocycles. The van der Waals surface area contributed by atoms with E-state index in [0.29, 0.717) is 0 Å². The van der Waals surface area contributed by atoms with Crippen molar-refractivity contribution in [2.24, 2.45) is 5.92 Å². The molecule has 0 saturated heterocycles. The van der Waals surface area contributed by atoms with E-state index in [1.54, 1.807) is 0 Å². The normalized spacial score (nSPS) is 14.1. The maximum absolute atomic E-state index is 9.57. The second-order valence-electron chi connectivity index (χ2n) is 5.53. The number of anilines is 1. The molecule has 0 unspecified atom stereocenters. The van der Waals surface area contributed by atoms with Crippen molar-refractivity contribution < 1.29 is 0 Å². The minimum atomic E-state index is 0.744. The number of aryl methyl sites for hydroxylation is 1. The lowest BCUT2D eigenvalue weighted by Crippen LogP contribution is -2.29. The number of nitrogens with zero attached hydrogens (tertiary/aromatic N) is 4. The van der Waals surface area contributed by atoms with Crippen LogP contribution in [0.25, 0.3) is 0 Å². The molecule has 1 aromatic heterocycles. The SMILES string of the molecule is CCCN(CC1CC1)c1nnc(CC)c(CC)c1C#N. The van der Waals surface area contributed by atoms with Gasteiger partial charge in [-0.1, -0.05) is 20.8 Å². The molecular formula is C16H24N4. The fourth-order valence-corrected chi connectivity index (χ4v) is 2.67. The van der Waals surface area contributed by atoms with Gasteiger partial charge in [0, 0.05) is 13.1 Å². The van der Waals surface area contributed by atoms with Crippen molar-refractivity contribution in [1.82, 2.24) is 10.2 Å². The summed E-state index contributed by atoms with van der Waals surface area (Å²) in [6.07, 6.45) is 5.36. The first-order valence-corrected chi connectivity index (χ1v) is 7.78. The zero-order valence-electron chi connectivity index (χ0n) is 12.8. The van der Waals surface area contributed by atoms with Gasteiger partial charge in [-0.25, -0.2) is 0 Å². The van der Waals surface area contributed by atoms with Crippen LogP contribution < -0.4 is 4.90 Å². The van der Waals surface area contributed by atoms with Gasteiger partial charge in [-0.3, -0.25) is 0 Å². The van der Waals surface area contributed by atoms with E-state index in [4.69, 9.17) is 0 Å². The molecule has 0 spiro atoms. The Morgan fingerprint density at radius 3 is 2.45 bits per heavy atom. The third kappa shape index (κ3) is 3.09. The molecule has 0 bridgehead atoms. The smallest absolute Gasteiger partial charge is 0.169 e. The van der Waals surface area contributed by atoms with Gasteiger partial charge in [0.25, 0.3) is 0 Å². The Kier molecular flexibility index (Phi) is 4.94. The van der Waals surface area contributed by atoms with E-state index in [1.807, 2.05) is 0 Å². The molecule has 1 fully saturated rings. The quantitative estimate of drug-likeness (QED) is 0.765. The highest BCUT2D eigenvalue weighted by Crippen LogP contribution is 2.32. The summed E-state index contributed by atoms with van der Waals surface area (Å²) < 4.78 is 0. The van der Waals surface area contributed by atoms with Crippen LogP contribution in [0.3, 0.4) is 0 Å². The number of rotatable bonds is 7. The van der Waals surface area contributed by atoms with E-state index in [2.05, 4.69) is 41.9 Å². The van der Waals surface area contributed by atoms with Gasteiger partial charge in [-0.2, -0.15) is 10.4 Å². The minimum Gasteiger partial charge on any atom is -0.354 e. The highest BCUT2D eigenvalue weighted by molar-refractivity contribution is 5.58. The summed E-state index contributed by atoms with van der Waals surface area (Å²) in [5.41, 5.74) is 2.79. The standard InChI is InChI=1S/C16H24N4/c1-4-9-20(11-12-7-8-12)16-14(10-17)13(5-2)15(6-3)18-19-16/h12H,4-9,11H2,1-3H3. The van der Waals surface area contributed by atoms with E-state index in [-0.39, 0.29) is 0 Å². The Morgan fingerprint density at radius 1 is 1.20 bits per heavy atom. The van der Waals surface area contributed by atoms with Gasteiger partial charge in [0.1, 0.15) is 11.6 Å². The van der Waals surface area contributed by atoms with Crippen LogP contribution >= 0.6 is 0 Å². The Bertz CT molecular complexity index is 500. The summed E-state index contributed by atoms with van der Waals surface area (Å²) >= 11 is 0. The third-order valence-corrected chi connectivity index (χ3v) is 3.91. The van der Waals surface area contributed by atoms with Crippen LogP contribution in [0.15, 0.2) is 0 Å². The zero-order valence-corrected chi connectivity index (χ0v) is 12.8. The third-order valence-electron chi connectivity index (χ3n) is 3.91. The van der Waals surface area contributed by atoms with Crippen molar-refractivity contribution in [3.8, 4) is 6.07 Å². The molecule has 2 rings (SSSR count). The summed E-state index contributed by atoms with van der Waals surface area (Å²) in [7, 11) is 0. The molecule has 0 amide bonds. The summed E-state index contributed by atoms with van der Waals surface area (Å²) in [6.45, 7) is 8.30. The summed E-state index contributed by atoms with van der Waals surface area (Å²) in [6, 6.07) is 2.38. The van der Waals surface area contributed by atoms with Crippen LogP contribution in [0.5, 0.6) is 0 Å². The molecule has 0 radical (unpaired) electrons. The summed E-state index contributed by atoms with van der Waals surface area (Å²) in [5.74, 6) is 1.58. The molecule has 4 nitrogen and oxygen atoms in total. The van der Waals surface area contributed by atoms with Crippen LogP contribution in [0.2, 0.25) is 0 Å². The van der Waals surface area contributed by atoms with Gasteiger partial charge >= 0.3 is 0 Å². The van der Waals surface area contributed by atoms with Crippen molar-refractivity contribution in [3.63, 3.8) is 0 Å². The average molecular weight is 272 g/mol. The summed E-state index contributed by atoms with van der Waals surface area (Å²) in [4.78, 5) is 2.27. The van der Waals surface area contributed by atoms with Gasteiger partial charge in [0.15, 0.2) is 5.82 Å². The van der Waals surface area contributed by atoms with Crippen molar-refractivity contribution in [2.45, 2.75) is 52.9 Å². The molecule has 0 atom stereocenters. The fraction of sp³-hybridized carbons (Fsp3) is 0.688. The minimum absolute atomic E-state index is 0.744. The first-order valence-electron chi connectivity index (χ1n) is 7.78. The van der Waals surface area contributed by atoms with E-state index in [9.17, 15) is 5.26 Å². The van der Waals surface area contributed by atoms with Gasteiger partial charge in [-0.05, 0) is 43.6 Å². The molecule has 1 aromatic rings. The summed E-state index contributed by atoms with van der Waals surface area (Å²) in [5, 5.41) is 18.3. The number of nitriles is 1. The molecule has 1 aliphatic carbocycles. The van der Waals surface area contributed by atoms with E-state index in [1.165, 1.54) is 12.8 Å². The van der Waals surface area contributed by atoms with Crippen LogP contribution in [-0.4, -0.2) is 23.3 Å². The van der Waals surface area contributed by atoms with Gasteiger partial charge in [0.05, 0.1) is 5.69 Å². The lowest BCUT2D eigenvalue weighted by molar-refractivity contribution is 0.687. The number of aromatic nitrogens is 2. The van der Waals surface area contributed by atoms with Gasteiger partial charge in [0.2, 0.25) is 0 Å². The maximum Gasteiger partial charge on any atom is 0.169 e. The zero-order chi connectivity index (χ0) is 14.5. The first kappa shape index (κ1) is 14.8. The highest BCUT2D eigenvalue weighted by Gasteiger charge is 2.27. The topological polar surface area (TPSA) is 52.8 Å². The second kappa shape index (κ2) is 6.69. The maximum atomic E-state index is 9.57. The van der Waals surface area contributed by atoms with Crippen molar-refractivity contribution in [2.75, 3.05) is 18.0 Å². The largest absolute Gasteiger partial charge is 0.354 e. The Balaban J connectivity index is 2.39. The Labute approximate surface area is 121 Å². The predicted molar refractivity (Wildman–Crippen MR) is 80.7 cm³/mol. The van der Waals surface area contributed by atoms with Crippen LogP contribution in [0.1, 0.15) is 56.9 Å². The molecule has 20 heavy (non-hydrogen) atoms. The van der Waals surface area contributed by atoms with Crippen molar-refractivity contribution in [1.29, 1.82) is 5.26 Å². The van der Waals surface area contributed by atoms with Crippen LogP contribution in [-0.2, 0) is 12.8 Å². The predicted octanol–water partition coefficient (Wildman–Crippen LogP) is 3.10. The van der Waals surface area contributed by atoms with Gasteiger partial charge < -0.3 is 4.90 Å². The van der Waals surface area contributed by atoms with Crippen LogP contribution in [0.4, 0.5) is 5.82 Å². The highest BCUT2D eigenvalue weighted by atomic mass is 15.3. The lowest BCUT2D eigenvalue weighted by Gasteiger charge is -2.24. The average Bonchev–Trinajstić information content (AvgIpc) is 3.29. The molecule has 1 aliphatic rings. The first-order chi connectivity index (χ1) is 9.74. The number of hydrogen-bond acceptors (Lipinski definition) is 4. The van der Waals surface area contributed by atoms with Crippen molar-refractivity contribution >= 4 is 5.82 Å². The Hall–Kier alpha value is -1.63. The molecule has 0 N–H and O–H groups in total. The van der Waals surface area contributed by atoms with Crippen LogP contribution in [0, 0.1) is 17.2 Å². The molecule has 1 saturated carbocycles. The molecule has 4 heteroatoms. The molecular weight excluding hydrogens is 248 g/mol. The number of hydrogen-bond donors (Lipinski definition) is 0. The van der Waals surface area contributed by atoms with E-state index in [0.717, 1.165) is 60.9 Å². The molecule has 0 aromatic carbocycles. The monoisotopic (exact) mass is 272 g/mol. The Morgan fingerprint density at radius 2 is 1.95 bits per heavy atom. The molecule has 1 heterocycles. The van der Waals surface area contributed by atoms with Crippen molar-refractivity contribution in [3.05, 3.63) is 16.8 Å². The second-order valence-corrected chi connectivity index (χ2v) is 5.53. The fourth-order valence-electron chi connectivity index (χ4n) is 2.67.